The molecule has 1 aliphatic carbocycles. The van der Waals surface area contributed by atoms with Gasteiger partial charge in [0.1, 0.15) is 6.61 Å². The maximum Gasteiger partial charge on any atom is 0.490 e. The number of hydrogen-bond acceptors (Lipinski definition) is 3. The van der Waals surface area contributed by atoms with E-state index in [-0.39, 0.29) is 0 Å². The monoisotopic (exact) mass is 287 g/mol. The molecule has 0 radical (unpaired) electrons. The van der Waals surface area contributed by atoms with Gasteiger partial charge in [-0.15, -0.1) is 0 Å². The van der Waals surface area contributed by atoms with Crippen LogP contribution in [0, 0.1) is 0 Å². The first-order chi connectivity index (χ1) is 9.33. The highest BCUT2D eigenvalue weighted by Crippen LogP contribution is 2.38. The molecule has 0 heterocycles. The Hall–Kier alpha value is -1.56. The summed E-state index contributed by atoms with van der Waals surface area (Å²) in [6.45, 7) is -0.409. The van der Waals surface area contributed by atoms with E-state index in [2.05, 4.69) is 4.74 Å². The molecular formula is C14H16F3NO2. The van der Waals surface area contributed by atoms with E-state index in [0.717, 1.165) is 31.2 Å². The van der Waals surface area contributed by atoms with Gasteiger partial charge in [-0.1, -0.05) is 37.1 Å². The zero-order valence-electron chi connectivity index (χ0n) is 10.9. The molecule has 3 nitrogen and oxygen atoms in total. The molecule has 2 N–H and O–H groups in total. The van der Waals surface area contributed by atoms with Gasteiger partial charge in [-0.2, -0.15) is 13.2 Å². The number of carbonyl (C=O) groups is 1. The maximum atomic E-state index is 12.1. The van der Waals surface area contributed by atoms with Crippen LogP contribution in [0.5, 0.6) is 0 Å². The van der Waals surface area contributed by atoms with Crippen molar-refractivity contribution in [3.63, 3.8) is 0 Å². The largest absolute Gasteiger partial charge is 0.490 e. The first kappa shape index (κ1) is 14.8. The second kappa shape index (κ2) is 5.44. The molecule has 1 fully saturated rings. The summed E-state index contributed by atoms with van der Waals surface area (Å²) in [7, 11) is 0. The molecule has 110 valence electrons. The molecule has 1 aliphatic rings. The van der Waals surface area contributed by atoms with Crippen molar-refractivity contribution in [2.24, 2.45) is 5.73 Å². The van der Waals surface area contributed by atoms with E-state index in [4.69, 9.17) is 5.73 Å². The van der Waals surface area contributed by atoms with Gasteiger partial charge in [0, 0.05) is 5.54 Å². The van der Waals surface area contributed by atoms with Crippen molar-refractivity contribution in [2.75, 3.05) is 0 Å². The van der Waals surface area contributed by atoms with Crippen LogP contribution in [0.4, 0.5) is 13.2 Å². The quantitative estimate of drug-likeness (QED) is 0.869. The van der Waals surface area contributed by atoms with Crippen LogP contribution in [0.2, 0.25) is 0 Å². The lowest BCUT2D eigenvalue weighted by Crippen LogP contribution is -2.34. The van der Waals surface area contributed by atoms with Gasteiger partial charge in [-0.3, -0.25) is 0 Å². The van der Waals surface area contributed by atoms with Gasteiger partial charge in [-0.05, 0) is 24.0 Å². The molecule has 0 saturated heterocycles. The lowest BCUT2D eigenvalue weighted by molar-refractivity contribution is -0.201. The molecule has 0 amide bonds. The smallest absolute Gasteiger partial charge is 0.454 e. The Kier molecular flexibility index (Phi) is 4.04. The van der Waals surface area contributed by atoms with E-state index in [1.165, 1.54) is 0 Å². The molecule has 0 bridgehead atoms. The summed E-state index contributed by atoms with van der Waals surface area (Å²) < 4.78 is 40.7. The minimum Gasteiger partial charge on any atom is -0.454 e. The zero-order valence-corrected chi connectivity index (χ0v) is 10.9. The fraction of sp³-hybridized carbons (Fsp3) is 0.500. The van der Waals surface area contributed by atoms with Gasteiger partial charge in [0.15, 0.2) is 0 Å². The van der Waals surface area contributed by atoms with Crippen LogP contribution in [0.25, 0.3) is 0 Å². The maximum absolute atomic E-state index is 12.1. The lowest BCUT2D eigenvalue weighted by Gasteiger charge is -2.27. The minimum absolute atomic E-state index is 0.409. The number of benzene rings is 1. The number of rotatable bonds is 3. The van der Waals surface area contributed by atoms with Crippen LogP contribution in [-0.2, 0) is 21.7 Å². The molecule has 0 atom stereocenters. The van der Waals surface area contributed by atoms with E-state index in [9.17, 15) is 18.0 Å². The third-order valence-electron chi connectivity index (χ3n) is 3.64. The van der Waals surface area contributed by atoms with Crippen LogP contribution < -0.4 is 5.73 Å². The number of esters is 1. The Morgan fingerprint density at radius 1 is 1.25 bits per heavy atom. The topological polar surface area (TPSA) is 52.3 Å². The van der Waals surface area contributed by atoms with E-state index in [0.29, 0.717) is 5.56 Å². The van der Waals surface area contributed by atoms with Crippen molar-refractivity contribution in [3.05, 3.63) is 35.4 Å². The summed E-state index contributed by atoms with van der Waals surface area (Å²) in [5, 5.41) is 0. The molecule has 20 heavy (non-hydrogen) atoms. The van der Waals surface area contributed by atoms with Crippen molar-refractivity contribution in [1.29, 1.82) is 0 Å². The molecule has 1 aromatic rings. The first-order valence-corrected chi connectivity index (χ1v) is 6.44. The molecule has 0 spiro atoms. The number of halogens is 3. The molecule has 2 rings (SSSR count). The van der Waals surface area contributed by atoms with Crippen LogP contribution in [-0.4, -0.2) is 12.1 Å². The van der Waals surface area contributed by atoms with Crippen LogP contribution in [0.3, 0.4) is 0 Å². The van der Waals surface area contributed by atoms with Crippen molar-refractivity contribution in [1.82, 2.24) is 0 Å². The van der Waals surface area contributed by atoms with Crippen molar-refractivity contribution >= 4 is 5.97 Å². The molecular weight excluding hydrogens is 271 g/mol. The highest BCUT2D eigenvalue weighted by molar-refractivity contribution is 5.75. The highest BCUT2D eigenvalue weighted by atomic mass is 19.4. The normalized spacial score (nSPS) is 18.0. The summed E-state index contributed by atoms with van der Waals surface area (Å²) in [5.74, 6) is -2.18. The van der Waals surface area contributed by atoms with Crippen molar-refractivity contribution in [3.8, 4) is 0 Å². The Labute approximate surface area is 114 Å². The number of alkyl halides is 3. The Morgan fingerprint density at radius 2 is 1.85 bits per heavy atom. The summed E-state index contributed by atoms with van der Waals surface area (Å²) in [5.41, 5.74) is 7.09. The summed E-state index contributed by atoms with van der Waals surface area (Å²) in [6.07, 6.45) is -1.41. The van der Waals surface area contributed by atoms with Gasteiger partial charge in [0.2, 0.25) is 0 Å². The van der Waals surface area contributed by atoms with E-state index >= 15 is 0 Å². The first-order valence-electron chi connectivity index (χ1n) is 6.44. The number of nitrogens with two attached hydrogens (primary N) is 1. The third-order valence-corrected chi connectivity index (χ3v) is 3.64. The predicted molar refractivity (Wildman–Crippen MR) is 66.6 cm³/mol. The fourth-order valence-electron chi connectivity index (χ4n) is 2.63. The molecule has 0 aromatic heterocycles. The Morgan fingerprint density at radius 3 is 2.45 bits per heavy atom. The zero-order chi connectivity index (χ0) is 14.8. The molecule has 1 aromatic carbocycles. The van der Waals surface area contributed by atoms with E-state index in [1.807, 2.05) is 0 Å². The Bertz CT molecular complexity index is 493. The SMILES string of the molecule is NC1(c2ccccc2COC(=O)C(F)(F)F)CCCC1. The van der Waals surface area contributed by atoms with Crippen LogP contribution in [0.1, 0.15) is 36.8 Å². The second-order valence-electron chi connectivity index (χ2n) is 5.09. The standard InChI is InChI=1S/C14H16F3NO2/c15-14(16,17)12(19)20-9-10-5-1-2-6-11(10)13(18)7-3-4-8-13/h1-2,5-6H,3-4,7-9,18H2. The van der Waals surface area contributed by atoms with Gasteiger partial charge < -0.3 is 10.5 Å². The average Bonchev–Trinajstić information content (AvgIpc) is 2.83. The summed E-state index contributed by atoms with van der Waals surface area (Å²) >= 11 is 0. The number of ether oxygens (including phenoxy) is 1. The predicted octanol–water partition coefficient (Wildman–Crippen LogP) is 3.02. The highest BCUT2D eigenvalue weighted by Gasteiger charge is 2.41. The second-order valence-corrected chi connectivity index (χ2v) is 5.09. The van der Waals surface area contributed by atoms with Crippen molar-refractivity contribution in [2.45, 2.75) is 44.0 Å². The molecule has 1 saturated carbocycles. The molecule has 0 aliphatic heterocycles. The summed E-state index contributed by atoms with van der Waals surface area (Å²) in [6, 6.07) is 6.92. The van der Waals surface area contributed by atoms with Gasteiger partial charge in [-0.25, -0.2) is 4.79 Å². The van der Waals surface area contributed by atoms with Crippen LogP contribution in [0.15, 0.2) is 24.3 Å². The average molecular weight is 287 g/mol. The Balaban J connectivity index is 2.15. The summed E-state index contributed by atoms with van der Waals surface area (Å²) in [4.78, 5) is 10.8. The third kappa shape index (κ3) is 3.12. The van der Waals surface area contributed by atoms with Crippen LogP contribution >= 0.6 is 0 Å². The van der Waals surface area contributed by atoms with Crippen molar-refractivity contribution < 1.29 is 22.7 Å². The van der Waals surface area contributed by atoms with E-state index in [1.54, 1.807) is 24.3 Å². The molecule has 6 heteroatoms. The number of carbonyl (C=O) groups excluding carboxylic acids is 1. The van der Waals surface area contributed by atoms with Gasteiger partial charge in [0.25, 0.3) is 0 Å². The van der Waals surface area contributed by atoms with Gasteiger partial charge >= 0.3 is 12.1 Å². The number of hydrogen-bond donors (Lipinski definition) is 1. The fourth-order valence-corrected chi connectivity index (χ4v) is 2.63. The van der Waals surface area contributed by atoms with E-state index < -0.39 is 24.3 Å². The van der Waals surface area contributed by atoms with Gasteiger partial charge in [0.05, 0.1) is 0 Å². The minimum atomic E-state index is -4.97. The molecule has 0 unspecified atom stereocenters. The lowest BCUT2D eigenvalue weighted by atomic mass is 9.86.